The van der Waals surface area contributed by atoms with Crippen LogP contribution in [0.15, 0.2) is 63.7 Å². The maximum absolute atomic E-state index is 13.3. The zero-order chi connectivity index (χ0) is 21.4. The lowest BCUT2D eigenvalue weighted by Crippen LogP contribution is -2.30. The summed E-state index contributed by atoms with van der Waals surface area (Å²) in [7, 11) is 0. The van der Waals surface area contributed by atoms with E-state index in [1.807, 2.05) is 62.4 Å². The zero-order valence-corrected chi connectivity index (χ0v) is 17.8. The first kappa shape index (κ1) is 19.4. The number of hydrogen-bond acceptors (Lipinski definition) is 7. The second kappa shape index (κ2) is 7.96. The molecular formula is C23H19N3O4S. The number of anilines is 1. The van der Waals surface area contributed by atoms with Crippen LogP contribution in [0.4, 0.5) is 5.69 Å². The number of ether oxygens (including phenoxy) is 2. The first-order valence-corrected chi connectivity index (χ1v) is 10.7. The molecule has 0 atom stereocenters. The minimum atomic E-state index is -0.180. The second-order valence-corrected chi connectivity index (χ2v) is 8.17. The normalized spacial score (nSPS) is 16.3. The number of carbonyl (C=O) groups excluding carboxylic acids is 1. The van der Waals surface area contributed by atoms with Gasteiger partial charge in [0.15, 0.2) is 16.7 Å². The van der Waals surface area contributed by atoms with E-state index in [0.29, 0.717) is 28.1 Å². The molecule has 156 valence electrons. The molecule has 8 heteroatoms. The molecule has 0 N–H and O–H groups in total. The van der Waals surface area contributed by atoms with Crippen molar-refractivity contribution in [3.8, 4) is 11.5 Å². The molecule has 0 radical (unpaired) electrons. The van der Waals surface area contributed by atoms with Crippen molar-refractivity contribution in [3.63, 3.8) is 0 Å². The third kappa shape index (κ3) is 3.94. The van der Waals surface area contributed by atoms with Crippen LogP contribution in [0, 0.1) is 13.8 Å². The average molecular weight is 433 g/mol. The molecule has 2 aromatic carbocycles. The number of aryl methyl sites for hydroxylation is 2. The average Bonchev–Trinajstić information content (AvgIpc) is 3.47. The van der Waals surface area contributed by atoms with Crippen LogP contribution in [0.25, 0.3) is 6.08 Å². The Labute approximate surface area is 183 Å². The van der Waals surface area contributed by atoms with Gasteiger partial charge in [-0.15, -0.1) is 0 Å². The minimum absolute atomic E-state index is 0.180. The van der Waals surface area contributed by atoms with E-state index < -0.39 is 0 Å². The number of carbonyl (C=O) groups is 1. The van der Waals surface area contributed by atoms with Crippen molar-refractivity contribution in [3.05, 3.63) is 76.8 Å². The number of amidine groups is 1. The summed E-state index contributed by atoms with van der Waals surface area (Å²) in [5.41, 5.74) is 3.87. The first-order valence-electron chi connectivity index (χ1n) is 9.73. The van der Waals surface area contributed by atoms with Crippen LogP contribution >= 0.6 is 11.8 Å². The van der Waals surface area contributed by atoms with E-state index in [0.717, 1.165) is 28.3 Å². The van der Waals surface area contributed by atoms with Crippen molar-refractivity contribution in [2.45, 2.75) is 19.6 Å². The maximum Gasteiger partial charge on any atom is 0.283 e. The van der Waals surface area contributed by atoms with Crippen LogP contribution < -0.4 is 14.4 Å². The number of thioether (sulfide) groups is 1. The Morgan fingerprint density at radius 2 is 1.87 bits per heavy atom. The Balaban J connectivity index is 1.47. The predicted octanol–water partition coefficient (Wildman–Crippen LogP) is 4.70. The number of fused-ring (bicyclic) bond motifs is 1. The molecule has 3 heterocycles. The lowest BCUT2D eigenvalue weighted by molar-refractivity contribution is -0.113. The van der Waals surface area contributed by atoms with Crippen LogP contribution in [-0.2, 0) is 10.5 Å². The zero-order valence-electron chi connectivity index (χ0n) is 17.0. The van der Waals surface area contributed by atoms with Gasteiger partial charge in [0.05, 0.1) is 11.4 Å². The fourth-order valence-corrected chi connectivity index (χ4v) is 4.19. The van der Waals surface area contributed by atoms with E-state index in [2.05, 4.69) is 10.1 Å². The highest BCUT2D eigenvalue weighted by Gasteiger charge is 2.32. The summed E-state index contributed by atoms with van der Waals surface area (Å²) in [6.07, 6.45) is 1.76. The summed E-state index contributed by atoms with van der Waals surface area (Å²) in [6, 6.07) is 15.2. The van der Waals surface area contributed by atoms with Crippen LogP contribution in [-0.4, -0.2) is 23.0 Å². The molecule has 31 heavy (non-hydrogen) atoms. The molecule has 2 aliphatic heterocycles. The van der Waals surface area contributed by atoms with Gasteiger partial charge in [0.25, 0.3) is 5.91 Å². The molecular weight excluding hydrogens is 414 g/mol. The van der Waals surface area contributed by atoms with Gasteiger partial charge < -0.3 is 14.0 Å². The molecule has 0 spiro atoms. The van der Waals surface area contributed by atoms with Crippen molar-refractivity contribution in [1.29, 1.82) is 0 Å². The van der Waals surface area contributed by atoms with E-state index in [-0.39, 0.29) is 12.7 Å². The lowest BCUT2D eigenvalue weighted by Gasteiger charge is -2.17. The molecule has 0 unspecified atom stereocenters. The second-order valence-electron chi connectivity index (χ2n) is 7.23. The summed E-state index contributed by atoms with van der Waals surface area (Å²) in [5.74, 6) is 2.47. The largest absolute Gasteiger partial charge is 0.454 e. The Kier molecular flexibility index (Phi) is 4.99. The van der Waals surface area contributed by atoms with Crippen molar-refractivity contribution in [1.82, 2.24) is 5.16 Å². The van der Waals surface area contributed by atoms with E-state index in [1.54, 1.807) is 11.0 Å². The molecule has 0 fully saturated rings. The monoisotopic (exact) mass is 433 g/mol. The number of nitrogens with zero attached hydrogens (tertiary/aromatic N) is 3. The molecule has 0 aliphatic carbocycles. The summed E-state index contributed by atoms with van der Waals surface area (Å²) >= 11 is 1.44. The summed E-state index contributed by atoms with van der Waals surface area (Å²) in [6.45, 7) is 4.07. The molecule has 2 aliphatic rings. The molecule has 1 amide bonds. The molecule has 5 rings (SSSR count). The van der Waals surface area contributed by atoms with Gasteiger partial charge in [-0.3, -0.25) is 9.69 Å². The van der Waals surface area contributed by atoms with Crippen LogP contribution in [0.1, 0.15) is 22.6 Å². The Morgan fingerprint density at radius 1 is 1.06 bits per heavy atom. The topological polar surface area (TPSA) is 77.2 Å². The van der Waals surface area contributed by atoms with E-state index in [1.165, 1.54) is 11.8 Å². The van der Waals surface area contributed by atoms with Crippen molar-refractivity contribution >= 4 is 34.6 Å². The lowest BCUT2D eigenvalue weighted by atomic mass is 10.1. The summed E-state index contributed by atoms with van der Waals surface area (Å²) in [5, 5.41) is 4.63. The molecule has 1 aromatic heterocycles. The maximum atomic E-state index is 13.3. The van der Waals surface area contributed by atoms with Crippen LogP contribution in [0.5, 0.6) is 11.5 Å². The smallest absolute Gasteiger partial charge is 0.283 e. The predicted molar refractivity (Wildman–Crippen MR) is 119 cm³/mol. The van der Waals surface area contributed by atoms with Gasteiger partial charge >= 0.3 is 0 Å². The van der Waals surface area contributed by atoms with E-state index in [9.17, 15) is 4.79 Å². The third-order valence-corrected chi connectivity index (χ3v) is 5.82. The number of aliphatic imine (C=N–C) groups is 1. The number of hydrogen-bond donors (Lipinski definition) is 0. The molecule has 3 aromatic rings. The van der Waals surface area contributed by atoms with Crippen LogP contribution in [0.2, 0.25) is 0 Å². The van der Waals surface area contributed by atoms with Gasteiger partial charge in [-0.25, -0.2) is 4.99 Å². The SMILES string of the molecule is Cc1ccc(N2C(=O)/C(=C\c3ccc4c(c3)OCO4)N=C2SCc2cc(C)on2)cc1. The highest BCUT2D eigenvalue weighted by Crippen LogP contribution is 2.35. The van der Waals surface area contributed by atoms with Gasteiger partial charge in [0.2, 0.25) is 6.79 Å². The molecule has 0 bridgehead atoms. The van der Waals surface area contributed by atoms with Gasteiger partial charge in [0.1, 0.15) is 11.5 Å². The van der Waals surface area contributed by atoms with Gasteiger partial charge in [0, 0.05) is 11.8 Å². The highest BCUT2D eigenvalue weighted by atomic mass is 32.2. The van der Waals surface area contributed by atoms with Crippen molar-refractivity contribution < 1.29 is 18.8 Å². The van der Waals surface area contributed by atoms with Crippen molar-refractivity contribution in [2.24, 2.45) is 4.99 Å². The summed E-state index contributed by atoms with van der Waals surface area (Å²) < 4.78 is 15.9. The standard InChI is InChI=1S/C23H19N3O4S/c1-14-3-6-18(7-4-14)26-22(27)19(10-16-5-8-20-21(11-16)29-13-28-20)24-23(26)31-12-17-9-15(2)30-25-17/h3-11H,12-13H2,1-2H3/b19-10+. The van der Waals surface area contributed by atoms with Gasteiger partial charge in [-0.2, -0.15) is 0 Å². The fraction of sp³-hybridized carbons (Fsp3) is 0.174. The van der Waals surface area contributed by atoms with Crippen molar-refractivity contribution in [2.75, 3.05) is 11.7 Å². The molecule has 0 saturated carbocycles. The summed E-state index contributed by atoms with van der Waals surface area (Å²) in [4.78, 5) is 19.6. The quantitative estimate of drug-likeness (QED) is 0.555. The first-order chi connectivity index (χ1) is 15.1. The minimum Gasteiger partial charge on any atom is -0.454 e. The third-order valence-electron chi connectivity index (χ3n) is 4.85. The number of benzene rings is 2. The number of amides is 1. The van der Waals surface area contributed by atoms with Gasteiger partial charge in [-0.1, -0.05) is 40.7 Å². The van der Waals surface area contributed by atoms with Crippen LogP contribution in [0.3, 0.4) is 0 Å². The van der Waals surface area contributed by atoms with E-state index in [4.69, 9.17) is 14.0 Å². The Bertz CT molecular complexity index is 1210. The number of rotatable bonds is 4. The highest BCUT2D eigenvalue weighted by molar-refractivity contribution is 8.13. The molecule has 7 nitrogen and oxygen atoms in total. The van der Waals surface area contributed by atoms with Gasteiger partial charge in [-0.05, 0) is 49.8 Å². The Morgan fingerprint density at radius 3 is 2.65 bits per heavy atom. The Hall–Kier alpha value is -3.52. The fourth-order valence-electron chi connectivity index (χ4n) is 3.30. The van der Waals surface area contributed by atoms with E-state index >= 15 is 0 Å². The number of aromatic nitrogens is 1. The molecule has 0 saturated heterocycles.